The zero-order chi connectivity index (χ0) is 15.5. The number of aliphatic hydroxyl groups excluding tert-OH is 1. The normalized spacial score (nSPS) is 50.6. The minimum absolute atomic E-state index is 0.110. The SMILES string of the molecule is CC(=O)[C@H]1CC[C@@H]2C1CC[C@H]1[C@H]2CC=C2C[C@@H](O)CC[C@@]21C. The molecule has 0 aromatic heterocycles. The van der Waals surface area contributed by atoms with E-state index in [0.29, 0.717) is 23.0 Å². The third-order valence-corrected chi connectivity index (χ3v) is 7.92. The number of ketones is 1. The summed E-state index contributed by atoms with van der Waals surface area (Å²) in [5.74, 6) is 3.85. The Labute approximate surface area is 134 Å². The third-order valence-electron chi connectivity index (χ3n) is 7.92. The minimum atomic E-state index is -0.110. The maximum absolute atomic E-state index is 11.9. The highest BCUT2D eigenvalue weighted by Crippen LogP contribution is 2.62. The molecular formula is C20H30O2. The summed E-state index contributed by atoms with van der Waals surface area (Å²) >= 11 is 0. The predicted octanol–water partition coefficient (Wildman–Crippen LogP) is 4.13. The Kier molecular flexibility index (Phi) is 3.52. The Balaban J connectivity index is 1.62. The molecular weight excluding hydrogens is 272 g/mol. The minimum Gasteiger partial charge on any atom is -0.393 e. The number of aliphatic hydroxyl groups is 1. The number of hydrogen-bond donors (Lipinski definition) is 1. The summed E-state index contributed by atoms with van der Waals surface area (Å²) < 4.78 is 0. The summed E-state index contributed by atoms with van der Waals surface area (Å²) in [7, 11) is 0. The van der Waals surface area contributed by atoms with Crippen molar-refractivity contribution in [2.75, 3.05) is 0 Å². The first-order chi connectivity index (χ1) is 10.5. The van der Waals surface area contributed by atoms with Gasteiger partial charge in [0.2, 0.25) is 0 Å². The second-order valence-corrected chi connectivity index (χ2v) is 8.75. The van der Waals surface area contributed by atoms with Gasteiger partial charge in [0.1, 0.15) is 5.78 Å². The van der Waals surface area contributed by atoms with Gasteiger partial charge in [0.15, 0.2) is 0 Å². The van der Waals surface area contributed by atoms with Gasteiger partial charge in [0.05, 0.1) is 6.10 Å². The number of rotatable bonds is 1. The zero-order valence-corrected chi connectivity index (χ0v) is 14.1. The monoisotopic (exact) mass is 302 g/mol. The largest absolute Gasteiger partial charge is 0.393 e. The maximum Gasteiger partial charge on any atom is 0.133 e. The van der Waals surface area contributed by atoms with E-state index in [2.05, 4.69) is 13.0 Å². The fourth-order valence-corrected chi connectivity index (χ4v) is 6.80. The van der Waals surface area contributed by atoms with Gasteiger partial charge in [-0.2, -0.15) is 0 Å². The molecule has 4 aliphatic carbocycles. The number of Topliss-reactive ketones (excluding diaryl/α,β-unsaturated/α-hetero) is 1. The first-order valence-corrected chi connectivity index (χ1v) is 9.38. The molecule has 0 spiro atoms. The van der Waals surface area contributed by atoms with Crippen molar-refractivity contribution < 1.29 is 9.90 Å². The van der Waals surface area contributed by atoms with E-state index in [0.717, 1.165) is 43.4 Å². The average molecular weight is 302 g/mol. The molecule has 0 aliphatic heterocycles. The Hall–Kier alpha value is -0.630. The fraction of sp³-hybridized carbons (Fsp3) is 0.850. The Bertz CT molecular complexity index is 508. The Morgan fingerprint density at radius 1 is 1.14 bits per heavy atom. The quantitative estimate of drug-likeness (QED) is 0.740. The molecule has 22 heavy (non-hydrogen) atoms. The lowest BCUT2D eigenvalue weighted by Gasteiger charge is -2.55. The summed E-state index contributed by atoms with van der Waals surface area (Å²) in [6.45, 7) is 4.28. The first-order valence-electron chi connectivity index (χ1n) is 9.38. The van der Waals surface area contributed by atoms with Crippen molar-refractivity contribution in [3.05, 3.63) is 11.6 Å². The molecule has 7 atom stereocenters. The lowest BCUT2D eigenvalue weighted by molar-refractivity contribution is -0.123. The van der Waals surface area contributed by atoms with Gasteiger partial charge >= 0.3 is 0 Å². The van der Waals surface area contributed by atoms with Gasteiger partial charge in [-0.3, -0.25) is 4.79 Å². The number of carbonyl (C=O) groups is 1. The smallest absolute Gasteiger partial charge is 0.133 e. The average Bonchev–Trinajstić information content (AvgIpc) is 2.92. The van der Waals surface area contributed by atoms with Gasteiger partial charge < -0.3 is 5.11 Å². The lowest BCUT2D eigenvalue weighted by Crippen LogP contribution is -2.47. The van der Waals surface area contributed by atoms with Crippen LogP contribution in [0.15, 0.2) is 11.6 Å². The number of allylic oxidation sites excluding steroid dienone is 1. The molecule has 0 radical (unpaired) electrons. The van der Waals surface area contributed by atoms with Gasteiger partial charge in [-0.1, -0.05) is 18.6 Å². The van der Waals surface area contributed by atoms with Gasteiger partial charge in [-0.05, 0) is 87.4 Å². The molecule has 0 aromatic carbocycles. The highest BCUT2D eigenvalue weighted by atomic mass is 16.3. The highest BCUT2D eigenvalue weighted by Gasteiger charge is 2.54. The van der Waals surface area contributed by atoms with Crippen LogP contribution in [0.4, 0.5) is 0 Å². The van der Waals surface area contributed by atoms with Crippen LogP contribution in [-0.2, 0) is 4.79 Å². The van der Waals surface area contributed by atoms with Crippen molar-refractivity contribution >= 4 is 5.78 Å². The van der Waals surface area contributed by atoms with E-state index in [-0.39, 0.29) is 6.10 Å². The molecule has 4 rings (SSSR count). The molecule has 3 fully saturated rings. The van der Waals surface area contributed by atoms with E-state index < -0.39 is 0 Å². The van der Waals surface area contributed by atoms with Crippen molar-refractivity contribution in [2.45, 2.75) is 71.3 Å². The molecule has 0 aromatic rings. The van der Waals surface area contributed by atoms with Crippen molar-refractivity contribution in [2.24, 2.45) is 35.0 Å². The standard InChI is InChI=1S/C20H30O2/c1-12(21)15-5-6-17-16(15)7-8-19-18(17)4-3-13-11-14(22)9-10-20(13,19)2/h3,14-19,22H,4-11H2,1-2H3/t14-,15+,16?,17+,18-,19-,20-/m0/s1. The van der Waals surface area contributed by atoms with Crippen molar-refractivity contribution in [1.29, 1.82) is 0 Å². The topological polar surface area (TPSA) is 37.3 Å². The van der Waals surface area contributed by atoms with E-state index in [1.807, 2.05) is 6.92 Å². The first kappa shape index (κ1) is 14.9. The van der Waals surface area contributed by atoms with Crippen LogP contribution in [-0.4, -0.2) is 17.0 Å². The summed E-state index contributed by atoms with van der Waals surface area (Å²) in [5.41, 5.74) is 1.88. The van der Waals surface area contributed by atoms with Gasteiger partial charge in [0, 0.05) is 5.92 Å². The molecule has 0 amide bonds. The second kappa shape index (κ2) is 5.19. The fourth-order valence-electron chi connectivity index (χ4n) is 6.80. The van der Waals surface area contributed by atoms with Crippen LogP contribution in [0.2, 0.25) is 0 Å². The van der Waals surface area contributed by atoms with Crippen LogP contribution < -0.4 is 0 Å². The van der Waals surface area contributed by atoms with Crippen LogP contribution >= 0.6 is 0 Å². The third kappa shape index (κ3) is 2.06. The Morgan fingerprint density at radius 2 is 1.91 bits per heavy atom. The molecule has 0 bridgehead atoms. The summed E-state index contributed by atoms with van der Waals surface area (Å²) in [4.78, 5) is 11.9. The predicted molar refractivity (Wildman–Crippen MR) is 87.3 cm³/mol. The molecule has 4 aliphatic rings. The van der Waals surface area contributed by atoms with E-state index in [1.165, 1.54) is 25.7 Å². The Morgan fingerprint density at radius 3 is 2.68 bits per heavy atom. The zero-order valence-electron chi connectivity index (χ0n) is 14.1. The van der Waals surface area contributed by atoms with Gasteiger partial charge in [-0.25, -0.2) is 0 Å². The van der Waals surface area contributed by atoms with Crippen LogP contribution in [0.5, 0.6) is 0 Å². The summed E-state index contributed by atoms with van der Waals surface area (Å²) in [5, 5.41) is 10.0. The van der Waals surface area contributed by atoms with Crippen molar-refractivity contribution in [3.8, 4) is 0 Å². The summed E-state index contributed by atoms with van der Waals surface area (Å²) in [6, 6.07) is 0. The van der Waals surface area contributed by atoms with Crippen LogP contribution in [0.1, 0.15) is 65.2 Å². The van der Waals surface area contributed by atoms with Crippen LogP contribution in [0.3, 0.4) is 0 Å². The maximum atomic E-state index is 11.9. The molecule has 3 saturated carbocycles. The van der Waals surface area contributed by atoms with Crippen LogP contribution in [0.25, 0.3) is 0 Å². The molecule has 2 heteroatoms. The van der Waals surface area contributed by atoms with E-state index in [4.69, 9.17) is 0 Å². The number of hydrogen-bond acceptors (Lipinski definition) is 2. The molecule has 0 saturated heterocycles. The van der Waals surface area contributed by atoms with Crippen LogP contribution in [0, 0.1) is 35.0 Å². The molecule has 122 valence electrons. The second-order valence-electron chi connectivity index (χ2n) is 8.75. The van der Waals surface area contributed by atoms with Gasteiger partial charge in [0.25, 0.3) is 0 Å². The molecule has 1 N–H and O–H groups in total. The highest BCUT2D eigenvalue weighted by molar-refractivity contribution is 5.79. The lowest BCUT2D eigenvalue weighted by atomic mass is 9.50. The molecule has 1 unspecified atom stereocenters. The van der Waals surface area contributed by atoms with Gasteiger partial charge in [-0.15, -0.1) is 0 Å². The molecule has 2 nitrogen and oxygen atoms in total. The number of fused-ring (bicyclic) bond motifs is 5. The van der Waals surface area contributed by atoms with E-state index in [1.54, 1.807) is 5.57 Å². The van der Waals surface area contributed by atoms with E-state index >= 15 is 0 Å². The molecule has 0 heterocycles. The van der Waals surface area contributed by atoms with Crippen molar-refractivity contribution in [1.82, 2.24) is 0 Å². The van der Waals surface area contributed by atoms with Crippen molar-refractivity contribution in [3.63, 3.8) is 0 Å². The summed E-state index contributed by atoms with van der Waals surface area (Å²) in [6.07, 6.45) is 11.6. The number of carbonyl (C=O) groups excluding carboxylic acids is 1. The van der Waals surface area contributed by atoms with E-state index in [9.17, 15) is 9.90 Å².